The van der Waals surface area contributed by atoms with E-state index in [0.717, 1.165) is 16.2 Å². The summed E-state index contributed by atoms with van der Waals surface area (Å²) in [6, 6.07) is 9.17. The number of carbonyl (C=O) groups excluding carboxylic acids is 2. The van der Waals surface area contributed by atoms with Crippen LogP contribution in [0.3, 0.4) is 0 Å². The number of thiophene rings is 1. The molecule has 1 aromatic carbocycles. The fourth-order valence-electron chi connectivity index (χ4n) is 2.49. The lowest BCUT2D eigenvalue weighted by Gasteiger charge is -2.06. The van der Waals surface area contributed by atoms with Gasteiger partial charge in [0.1, 0.15) is 17.0 Å². The second kappa shape index (κ2) is 9.44. The van der Waals surface area contributed by atoms with E-state index in [-0.39, 0.29) is 18.8 Å². The minimum atomic E-state index is -0.601. The first kappa shape index (κ1) is 20.7. The minimum Gasteiger partial charge on any atom is -0.463 e. The average Bonchev–Trinajstić information content (AvgIpc) is 3.26. The van der Waals surface area contributed by atoms with Crippen molar-refractivity contribution in [1.82, 2.24) is 4.57 Å². The van der Waals surface area contributed by atoms with Crippen molar-refractivity contribution in [2.75, 3.05) is 11.9 Å². The first-order chi connectivity index (χ1) is 14.0. The Labute approximate surface area is 173 Å². The summed E-state index contributed by atoms with van der Waals surface area (Å²) in [4.78, 5) is 38.0. The maximum Gasteiger partial charge on any atom is 0.333 e. The lowest BCUT2D eigenvalue weighted by atomic mass is 10.3. The number of nitrogens with one attached hydrogen (secondary N) is 1. The van der Waals surface area contributed by atoms with Crippen molar-refractivity contribution >= 4 is 52.4 Å². The molecule has 0 atom stereocenters. The molecule has 0 saturated carbocycles. The van der Waals surface area contributed by atoms with Crippen LogP contribution < -0.4 is 20.1 Å². The zero-order chi connectivity index (χ0) is 20.8. The van der Waals surface area contributed by atoms with Gasteiger partial charge in [0.2, 0.25) is 5.91 Å². The second-order valence-corrected chi connectivity index (χ2v) is 7.85. The van der Waals surface area contributed by atoms with Crippen LogP contribution in [0.1, 0.15) is 11.8 Å². The van der Waals surface area contributed by atoms with Crippen molar-refractivity contribution in [2.45, 2.75) is 13.5 Å². The third-order valence-electron chi connectivity index (χ3n) is 3.69. The molecule has 2 heterocycles. The summed E-state index contributed by atoms with van der Waals surface area (Å²) >= 11 is 2.56. The van der Waals surface area contributed by atoms with Crippen molar-refractivity contribution in [2.24, 2.45) is 0 Å². The minimum absolute atomic E-state index is 0.194. The lowest BCUT2D eigenvalue weighted by molar-refractivity contribution is -0.135. The highest BCUT2D eigenvalue weighted by Crippen LogP contribution is 2.09. The molecule has 0 unspecified atom stereocenters. The molecule has 3 aromatic rings. The van der Waals surface area contributed by atoms with Crippen LogP contribution in [0.4, 0.5) is 10.1 Å². The van der Waals surface area contributed by atoms with Gasteiger partial charge in [0.25, 0.3) is 5.56 Å². The Balaban J connectivity index is 1.97. The van der Waals surface area contributed by atoms with Crippen LogP contribution >= 0.6 is 22.7 Å². The molecule has 1 N–H and O–H groups in total. The van der Waals surface area contributed by atoms with Crippen molar-refractivity contribution in [3.05, 3.63) is 72.0 Å². The Kier molecular flexibility index (Phi) is 6.73. The van der Waals surface area contributed by atoms with Crippen LogP contribution in [-0.2, 0) is 20.9 Å². The number of amides is 1. The standard InChI is InChI=1S/C20H17FN2O4S2/c1-2-27-19(25)11-18-23(12-17(24)22-14-6-3-5-13(21)9-14)20(26)16(29-18)10-15-7-4-8-28-15/h3-11H,2,12H2,1H3,(H,22,24)/b16-10-,18-11-. The fraction of sp³-hybridized carbons (Fsp3) is 0.150. The summed E-state index contributed by atoms with van der Waals surface area (Å²) in [5.41, 5.74) is -0.118. The number of aromatic nitrogens is 1. The van der Waals surface area contributed by atoms with E-state index in [4.69, 9.17) is 4.74 Å². The first-order valence-corrected chi connectivity index (χ1v) is 10.3. The highest BCUT2D eigenvalue weighted by atomic mass is 32.1. The van der Waals surface area contributed by atoms with E-state index in [0.29, 0.717) is 9.20 Å². The maximum atomic E-state index is 13.3. The Hall–Kier alpha value is -3.04. The Morgan fingerprint density at radius 3 is 2.79 bits per heavy atom. The molecule has 0 saturated heterocycles. The van der Waals surface area contributed by atoms with E-state index in [1.54, 1.807) is 19.1 Å². The molecular formula is C20H17FN2O4S2. The van der Waals surface area contributed by atoms with Crippen LogP contribution in [0, 0.1) is 5.82 Å². The summed E-state index contributed by atoms with van der Waals surface area (Å²) in [6.45, 7) is 1.55. The summed E-state index contributed by atoms with van der Waals surface area (Å²) < 4.78 is 20.1. The normalized spacial score (nSPS) is 12.2. The van der Waals surface area contributed by atoms with Crippen LogP contribution in [0.5, 0.6) is 0 Å². The predicted molar refractivity (Wildman–Crippen MR) is 112 cm³/mol. The monoisotopic (exact) mass is 432 g/mol. The third kappa shape index (κ3) is 5.49. The van der Waals surface area contributed by atoms with E-state index in [2.05, 4.69) is 5.32 Å². The summed E-state index contributed by atoms with van der Waals surface area (Å²) in [7, 11) is 0. The van der Waals surface area contributed by atoms with Gasteiger partial charge in [0, 0.05) is 10.6 Å². The van der Waals surface area contributed by atoms with Gasteiger partial charge in [-0.05, 0) is 42.6 Å². The van der Waals surface area contributed by atoms with Crippen LogP contribution in [0.25, 0.3) is 12.2 Å². The molecule has 6 nitrogen and oxygen atoms in total. The quantitative estimate of drug-likeness (QED) is 0.604. The van der Waals surface area contributed by atoms with Gasteiger partial charge in [-0.15, -0.1) is 22.7 Å². The molecule has 1 amide bonds. The van der Waals surface area contributed by atoms with Gasteiger partial charge in [0.15, 0.2) is 0 Å². The van der Waals surface area contributed by atoms with Gasteiger partial charge in [-0.1, -0.05) is 12.1 Å². The molecule has 0 aliphatic rings. The molecule has 0 aliphatic carbocycles. The van der Waals surface area contributed by atoms with Gasteiger partial charge >= 0.3 is 5.97 Å². The number of hydrogen-bond acceptors (Lipinski definition) is 6. The van der Waals surface area contributed by atoms with Gasteiger partial charge in [-0.2, -0.15) is 0 Å². The maximum absolute atomic E-state index is 13.3. The number of esters is 1. The molecule has 2 aromatic heterocycles. The van der Waals surface area contributed by atoms with E-state index in [9.17, 15) is 18.8 Å². The zero-order valence-corrected chi connectivity index (χ0v) is 17.0. The first-order valence-electron chi connectivity index (χ1n) is 8.65. The summed E-state index contributed by atoms with van der Waals surface area (Å²) in [5.74, 6) is -1.60. The van der Waals surface area contributed by atoms with Crippen molar-refractivity contribution < 1.29 is 18.7 Å². The van der Waals surface area contributed by atoms with Crippen molar-refractivity contribution in [3.8, 4) is 0 Å². The van der Waals surface area contributed by atoms with Gasteiger partial charge in [0.05, 0.1) is 17.2 Å². The number of halogens is 1. The van der Waals surface area contributed by atoms with Crippen LogP contribution in [0.2, 0.25) is 0 Å². The van der Waals surface area contributed by atoms with E-state index < -0.39 is 23.3 Å². The molecule has 150 valence electrons. The number of nitrogens with zero attached hydrogens (tertiary/aromatic N) is 1. The number of ether oxygens (including phenoxy) is 1. The molecule has 9 heteroatoms. The Bertz CT molecular complexity index is 1200. The van der Waals surface area contributed by atoms with Gasteiger partial charge in [-0.3, -0.25) is 14.2 Å². The predicted octanol–water partition coefficient (Wildman–Crippen LogP) is 1.92. The second-order valence-electron chi connectivity index (χ2n) is 5.81. The topological polar surface area (TPSA) is 77.4 Å². The molecule has 0 fully saturated rings. The van der Waals surface area contributed by atoms with Crippen LogP contribution in [0.15, 0.2) is 46.6 Å². The lowest BCUT2D eigenvalue weighted by Crippen LogP contribution is -2.36. The third-order valence-corrected chi connectivity index (χ3v) is 5.57. The Morgan fingerprint density at radius 2 is 2.10 bits per heavy atom. The largest absolute Gasteiger partial charge is 0.463 e. The van der Waals surface area contributed by atoms with E-state index in [1.165, 1.54) is 40.2 Å². The molecule has 3 rings (SSSR count). The number of benzene rings is 1. The Morgan fingerprint density at radius 1 is 1.28 bits per heavy atom. The smallest absolute Gasteiger partial charge is 0.333 e. The van der Waals surface area contributed by atoms with E-state index in [1.807, 2.05) is 17.5 Å². The highest BCUT2D eigenvalue weighted by molar-refractivity contribution is 7.11. The van der Waals surface area contributed by atoms with E-state index >= 15 is 0 Å². The molecule has 0 spiro atoms. The molecule has 0 radical (unpaired) electrons. The molecule has 0 aliphatic heterocycles. The average molecular weight is 432 g/mol. The molecular weight excluding hydrogens is 415 g/mol. The number of hydrogen-bond donors (Lipinski definition) is 1. The van der Waals surface area contributed by atoms with Crippen molar-refractivity contribution in [1.29, 1.82) is 0 Å². The zero-order valence-electron chi connectivity index (χ0n) is 15.4. The summed E-state index contributed by atoms with van der Waals surface area (Å²) in [6.07, 6.45) is 2.90. The van der Waals surface area contributed by atoms with Crippen molar-refractivity contribution in [3.63, 3.8) is 0 Å². The van der Waals surface area contributed by atoms with Gasteiger partial charge in [-0.25, -0.2) is 9.18 Å². The number of anilines is 1. The SMILES string of the molecule is CCOC(=O)/C=c1\s/c(=C\c2cccs2)c(=O)n1CC(=O)Nc1cccc(F)c1. The summed E-state index contributed by atoms with van der Waals surface area (Å²) in [5, 5.41) is 4.43. The number of thiazole rings is 1. The molecule has 29 heavy (non-hydrogen) atoms. The van der Waals surface area contributed by atoms with Gasteiger partial charge < -0.3 is 10.1 Å². The fourth-order valence-corrected chi connectivity index (χ4v) is 4.24. The number of carbonyl (C=O) groups is 2. The molecule has 0 bridgehead atoms. The number of rotatable bonds is 6. The van der Waals surface area contributed by atoms with Crippen LogP contribution in [-0.4, -0.2) is 23.1 Å². The highest BCUT2D eigenvalue weighted by Gasteiger charge is 2.12.